The van der Waals surface area contributed by atoms with E-state index >= 15 is 0 Å². The van der Waals surface area contributed by atoms with Crippen LogP contribution in [0.2, 0.25) is 36.3 Å². The van der Waals surface area contributed by atoms with E-state index in [2.05, 4.69) is 109 Å². The molecule has 0 bridgehead atoms. The van der Waals surface area contributed by atoms with E-state index in [0.29, 0.717) is 62.5 Å². The first-order valence-electron chi connectivity index (χ1n) is 27.6. The van der Waals surface area contributed by atoms with E-state index in [-0.39, 0.29) is 46.2 Å². The third kappa shape index (κ3) is 23.4. The average Bonchev–Trinajstić information content (AvgIpc) is 4.16. The van der Waals surface area contributed by atoms with Crippen LogP contribution in [0, 0.1) is 13.3 Å². The van der Waals surface area contributed by atoms with Crippen molar-refractivity contribution in [2.75, 3.05) is 34.0 Å². The Balaban J connectivity index is 0.000000606. The van der Waals surface area contributed by atoms with E-state index in [1.54, 1.807) is 85.1 Å². The standard InChI is InChI=1S/C27H38N2O5Si.C15H26OSi.C14H16N2O4.C4H8O.C3H7.ClH.Mg/c1-26(2,3)34-25(31)29-22-16-20(32-7)14-15-21(22)23(28-29)24(30)19-12-10-18(11-13-19)17-33-35(8,9)27(4,5)6;1-13-7-9-14(10-8-13)11-12-16-17(5,6)15(2,3)4;1-14(2,3)20-13(18)16-12-7-9(19-4)5-6-10(12)11(8-17)15-16;1-2-4-5-3-1;1-3-2;;/h10-16,24,30H,17H2,1-9H3;7-10H,11-12H2,1-6H3;5-8H,1-4H3;1-4H2;3H,1-2H3;1H;/q;;;;-1;;+2/p-1. The van der Waals surface area contributed by atoms with Crippen molar-refractivity contribution in [1.82, 2.24) is 19.6 Å². The number of methoxy groups -OCH3 is 2. The number of fused-ring (bicyclic) bond motifs is 2. The fraction of sp³-hybridized carbons (Fsp3) is 0.524. The van der Waals surface area contributed by atoms with Crippen LogP contribution in [0.3, 0.4) is 0 Å². The van der Waals surface area contributed by atoms with Gasteiger partial charge in [0.1, 0.15) is 40.2 Å². The van der Waals surface area contributed by atoms with E-state index in [0.717, 1.165) is 36.5 Å². The Kier molecular flexibility index (Phi) is 30.5. The number of nitrogens with zero attached hydrogens (tertiary/aromatic N) is 4. The first-order valence-corrected chi connectivity index (χ1v) is 33.4. The van der Waals surface area contributed by atoms with Crippen molar-refractivity contribution in [3.8, 4) is 11.5 Å². The van der Waals surface area contributed by atoms with E-state index in [9.17, 15) is 19.5 Å². The summed E-state index contributed by atoms with van der Waals surface area (Å²) in [6.45, 7) is 42.7. The molecule has 1 atom stereocenters. The van der Waals surface area contributed by atoms with Crippen molar-refractivity contribution in [2.45, 2.75) is 183 Å². The summed E-state index contributed by atoms with van der Waals surface area (Å²) in [7, 11) is -0.345. The minimum atomic E-state index is -1.86. The van der Waals surface area contributed by atoms with Crippen molar-refractivity contribution >= 4 is 80.0 Å². The van der Waals surface area contributed by atoms with Gasteiger partial charge in [0, 0.05) is 42.7 Å². The second-order valence-corrected chi connectivity index (χ2v) is 34.5. The van der Waals surface area contributed by atoms with Gasteiger partial charge >= 0.3 is 35.2 Å². The zero-order valence-corrected chi connectivity index (χ0v) is 57.3. The van der Waals surface area contributed by atoms with Crippen LogP contribution in [0.5, 0.6) is 11.5 Å². The number of ether oxygens (including phenoxy) is 5. The average molecular weight is 1200 g/mol. The van der Waals surface area contributed by atoms with Gasteiger partial charge in [0.05, 0.1) is 31.9 Å². The minimum absolute atomic E-state index is 0. The van der Waals surface area contributed by atoms with Gasteiger partial charge in [0.25, 0.3) is 0 Å². The molecule has 0 radical (unpaired) electrons. The number of aliphatic hydroxyl groups is 1. The van der Waals surface area contributed by atoms with Crippen LogP contribution in [0.4, 0.5) is 9.59 Å². The van der Waals surface area contributed by atoms with Gasteiger partial charge in [-0.25, -0.2) is 9.59 Å². The van der Waals surface area contributed by atoms with Crippen molar-refractivity contribution in [3.05, 3.63) is 125 Å². The van der Waals surface area contributed by atoms with Crippen LogP contribution in [-0.4, -0.2) is 128 Å². The predicted molar refractivity (Wildman–Crippen MR) is 333 cm³/mol. The van der Waals surface area contributed by atoms with E-state index in [1.165, 1.54) is 35.8 Å². The summed E-state index contributed by atoms with van der Waals surface area (Å²) in [4.78, 5) is 36.0. The molecule has 0 amide bonds. The predicted octanol–water partition coefficient (Wildman–Crippen LogP) is 12.3. The van der Waals surface area contributed by atoms with Crippen molar-refractivity contribution in [3.63, 3.8) is 0 Å². The molecule has 4 aromatic carbocycles. The summed E-state index contributed by atoms with van der Waals surface area (Å²) in [5, 5.41) is 21.3. The second-order valence-electron chi connectivity index (χ2n) is 24.9. The molecule has 15 nitrogen and oxygen atoms in total. The molecule has 7 rings (SSSR count). The summed E-state index contributed by atoms with van der Waals surface area (Å²) in [6.07, 6.45) is 3.91. The Morgan fingerprint density at radius 1 is 0.671 bits per heavy atom. The molecule has 0 saturated carbocycles. The molecule has 0 aliphatic carbocycles. The molecular formula is C63H95ClMgN4O11Si2. The summed E-state index contributed by atoms with van der Waals surface area (Å²) < 4.78 is 40.9. The first kappa shape index (κ1) is 75.4. The topological polar surface area (TPSA) is 172 Å². The molecule has 1 aliphatic heterocycles. The number of hydrogen-bond acceptors (Lipinski definition) is 13. The molecule has 3 heterocycles. The Morgan fingerprint density at radius 3 is 1.51 bits per heavy atom. The number of benzene rings is 4. The van der Waals surface area contributed by atoms with Gasteiger partial charge in [-0.15, -0.1) is 0 Å². The number of aryl methyl sites for hydroxylation is 1. The second kappa shape index (κ2) is 33.2. The molecular weight excluding hydrogens is 1100 g/mol. The molecule has 6 aromatic rings. The van der Waals surface area contributed by atoms with Gasteiger partial charge in [-0.1, -0.05) is 95.6 Å². The van der Waals surface area contributed by atoms with E-state index in [1.807, 2.05) is 44.5 Å². The molecule has 82 heavy (non-hydrogen) atoms. The molecule has 19 heteroatoms. The number of rotatable bonds is 12. The maximum absolute atomic E-state index is 12.9. The molecule has 1 fully saturated rings. The maximum Gasteiger partial charge on any atom is 2.00 e. The Bertz CT molecular complexity index is 2890. The van der Waals surface area contributed by atoms with E-state index < -0.39 is 46.1 Å². The summed E-state index contributed by atoms with van der Waals surface area (Å²) in [6, 6.07) is 26.7. The van der Waals surface area contributed by atoms with E-state index in [4.69, 9.17) is 32.5 Å². The van der Waals surface area contributed by atoms with Crippen LogP contribution in [-0.2, 0) is 36.1 Å². The molecule has 0 spiro atoms. The summed E-state index contributed by atoms with van der Waals surface area (Å²) in [5.41, 5.74) is 4.62. The smallest absolute Gasteiger partial charge is 1.00 e. The molecule has 2 aromatic heterocycles. The molecule has 1 aliphatic rings. The van der Waals surface area contributed by atoms with Crippen molar-refractivity contribution < 1.29 is 64.4 Å². The summed E-state index contributed by atoms with van der Waals surface area (Å²) >= 11 is 0. The maximum atomic E-state index is 12.9. The Morgan fingerprint density at radius 2 is 1.10 bits per heavy atom. The van der Waals surface area contributed by atoms with Crippen LogP contribution in [0.25, 0.3) is 21.8 Å². The van der Waals surface area contributed by atoms with Crippen LogP contribution in [0.1, 0.15) is 154 Å². The number of carbonyl (C=O) groups excluding carboxylic acids is 3. The number of halogens is 1. The van der Waals surface area contributed by atoms with Crippen LogP contribution in [0.15, 0.2) is 84.9 Å². The zero-order chi connectivity index (χ0) is 60.4. The van der Waals surface area contributed by atoms with Gasteiger partial charge in [0.15, 0.2) is 22.9 Å². The summed E-state index contributed by atoms with van der Waals surface area (Å²) in [5.74, 6) is 1.15. The zero-order valence-electron chi connectivity index (χ0n) is 53.2. The number of carbonyl (C=O) groups is 3. The third-order valence-corrected chi connectivity index (χ3v) is 22.7. The molecule has 1 unspecified atom stereocenters. The number of aliphatic hydroxyl groups excluding tert-OH is 1. The number of hydrogen-bond donors (Lipinski definition) is 1. The molecule has 450 valence electrons. The SMILES string of the molecule is C1CCOC1.COc1ccc2c(C(O)c3ccc(CO[Si](C)(C)C(C)(C)C)cc3)nn(C(=O)OC(C)(C)C)c2c1.COc1ccc2c(C=O)nn(C(=O)OC(C)(C)C)c2c1.C[CH-]C.Cc1ccc(CCO[Si](C)(C)C(C)(C)C)cc1.[Cl-].[Mg+2]. The van der Waals surface area contributed by atoms with Crippen LogP contribution >= 0.6 is 0 Å². The molecule has 1 saturated heterocycles. The Labute approximate surface area is 514 Å². The number of aldehydes is 1. The monoisotopic (exact) mass is 1200 g/mol. The largest absolute Gasteiger partial charge is 2.00 e. The van der Waals surface area contributed by atoms with Gasteiger partial charge < -0.3 is 56.5 Å². The normalized spacial score (nSPS) is 13.0. The fourth-order valence-electron chi connectivity index (χ4n) is 7.01. The van der Waals surface area contributed by atoms with Gasteiger partial charge in [0.2, 0.25) is 0 Å². The van der Waals surface area contributed by atoms with Crippen molar-refractivity contribution in [1.29, 1.82) is 0 Å². The molecule has 1 N–H and O–H groups in total. The fourth-order valence-corrected chi connectivity index (χ4v) is 9.01. The van der Waals surface area contributed by atoms with Gasteiger partial charge in [-0.3, -0.25) is 4.79 Å². The minimum Gasteiger partial charge on any atom is -1.00 e. The number of aromatic nitrogens is 4. The van der Waals surface area contributed by atoms with Gasteiger partial charge in [-0.05, 0) is 145 Å². The van der Waals surface area contributed by atoms with Crippen LogP contribution < -0.4 is 21.9 Å². The quantitative estimate of drug-likeness (QED) is 0.0698. The van der Waals surface area contributed by atoms with Gasteiger partial charge in [-0.2, -0.15) is 33.4 Å². The van der Waals surface area contributed by atoms with Crippen molar-refractivity contribution in [2.24, 2.45) is 0 Å². The third-order valence-electron chi connectivity index (χ3n) is 13.6. The first-order chi connectivity index (χ1) is 37.1. The Hall–Kier alpha value is -4.64.